The third-order valence-corrected chi connectivity index (χ3v) is 1.89. The Bertz CT molecular complexity index is 111. The molecular formula is C11H24O2. The van der Waals surface area contributed by atoms with Gasteiger partial charge in [-0.2, -0.15) is 0 Å². The zero-order valence-corrected chi connectivity index (χ0v) is 9.47. The van der Waals surface area contributed by atoms with Gasteiger partial charge in [-0.3, -0.25) is 4.79 Å². The monoisotopic (exact) mass is 188 g/mol. The van der Waals surface area contributed by atoms with Crippen LogP contribution in [0.2, 0.25) is 0 Å². The Morgan fingerprint density at radius 2 is 1.69 bits per heavy atom. The lowest BCUT2D eigenvalue weighted by Crippen LogP contribution is -2.12. The van der Waals surface area contributed by atoms with E-state index in [1.54, 1.807) is 0 Å². The van der Waals surface area contributed by atoms with Crippen LogP contribution in [0.3, 0.4) is 0 Å². The van der Waals surface area contributed by atoms with E-state index in [0.717, 1.165) is 32.1 Å². The summed E-state index contributed by atoms with van der Waals surface area (Å²) < 4.78 is 0. The van der Waals surface area contributed by atoms with Crippen LogP contribution in [-0.2, 0) is 4.79 Å². The highest BCUT2D eigenvalue weighted by Gasteiger charge is 2.14. The summed E-state index contributed by atoms with van der Waals surface area (Å²) in [7, 11) is 0. The van der Waals surface area contributed by atoms with Crippen molar-refractivity contribution in [3.63, 3.8) is 0 Å². The van der Waals surface area contributed by atoms with Crippen molar-refractivity contribution in [2.45, 2.75) is 59.8 Å². The number of hydrogen-bond acceptors (Lipinski definition) is 1. The molecule has 0 saturated heterocycles. The molecule has 2 heteroatoms. The van der Waals surface area contributed by atoms with Crippen LogP contribution < -0.4 is 0 Å². The normalized spacial score (nSPS) is 11.4. The zero-order chi connectivity index (χ0) is 10.7. The molecule has 0 rings (SSSR count). The average Bonchev–Trinajstić information content (AvgIpc) is 2.15. The van der Waals surface area contributed by atoms with Gasteiger partial charge in [0.1, 0.15) is 0 Å². The van der Waals surface area contributed by atoms with Gasteiger partial charge in [-0.15, -0.1) is 0 Å². The molecule has 1 atom stereocenters. The van der Waals surface area contributed by atoms with Gasteiger partial charge in [0.2, 0.25) is 0 Å². The van der Waals surface area contributed by atoms with Gasteiger partial charge in [-0.1, -0.05) is 47.0 Å². The van der Waals surface area contributed by atoms with E-state index in [1.807, 2.05) is 20.8 Å². The van der Waals surface area contributed by atoms with Crippen molar-refractivity contribution in [3.05, 3.63) is 0 Å². The predicted molar refractivity (Wildman–Crippen MR) is 56.9 cm³/mol. The first-order valence-corrected chi connectivity index (χ1v) is 5.45. The molecule has 0 radical (unpaired) electrons. The third kappa shape index (κ3) is 9.38. The van der Waals surface area contributed by atoms with Crippen LogP contribution in [0.25, 0.3) is 0 Å². The van der Waals surface area contributed by atoms with Crippen molar-refractivity contribution >= 4 is 5.97 Å². The summed E-state index contributed by atoms with van der Waals surface area (Å²) in [5.74, 6) is -0.722. The molecule has 1 N–H and O–H groups in total. The second kappa shape index (κ2) is 11.5. The van der Waals surface area contributed by atoms with Crippen LogP contribution in [0.15, 0.2) is 0 Å². The summed E-state index contributed by atoms with van der Waals surface area (Å²) in [5, 5.41) is 8.73. The van der Waals surface area contributed by atoms with Gasteiger partial charge >= 0.3 is 5.97 Å². The molecular weight excluding hydrogens is 164 g/mol. The zero-order valence-electron chi connectivity index (χ0n) is 9.47. The van der Waals surface area contributed by atoms with Gasteiger partial charge < -0.3 is 5.11 Å². The van der Waals surface area contributed by atoms with Crippen molar-refractivity contribution in [1.29, 1.82) is 0 Å². The van der Waals surface area contributed by atoms with Crippen LogP contribution in [0.5, 0.6) is 0 Å². The Labute approximate surface area is 82.4 Å². The molecule has 0 bridgehead atoms. The lowest BCUT2D eigenvalue weighted by atomic mass is 9.97. The maximum atomic E-state index is 10.6. The fourth-order valence-electron chi connectivity index (χ4n) is 1.19. The largest absolute Gasteiger partial charge is 0.481 e. The van der Waals surface area contributed by atoms with Crippen LogP contribution in [0.1, 0.15) is 59.8 Å². The molecule has 1 unspecified atom stereocenters. The molecule has 0 amide bonds. The smallest absolute Gasteiger partial charge is 0.306 e. The minimum Gasteiger partial charge on any atom is -0.481 e. The van der Waals surface area contributed by atoms with Crippen molar-refractivity contribution in [2.75, 3.05) is 0 Å². The summed E-state index contributed by atoms with van der Waals surface area (Å²) in [4.78, 5) is 10.6. The van der Waals surface area contributed by atoms with E-state index in [9.17, 15) is 4.79 Å². The van der Waals surface area contributed by atoms with Crippen molar-refractivity contribution < 1.29 is 9.90 Å². The number of aliphatic carboxylic acids is 1. The van der Waals surface area contributed by atoms with Gasteiger partial charge in [-0.05, 0) is 12.8 Å². The molecule has 13 heavy (non-hydrogen) atoms. The van der Waals surface area contributed by atoms with E-state index in [2.05, 4.69) is 6.92 Å². The van der Waals surface area contributed by atoms with Gasteiger partial charge in [0.05, 0.1) is 5.92 Å². The van der Waals surface area contributed by atoms with E-state index in [4.69, 9.17) is 5.11 Å². The minimum atomic E-state index is -0.625. The van der Waals surface area contributed by atoms with E-state index in [0.29, 0.717) is 0 Å². The van der Waals surface area contributed by atoms with Crippen LogP contribution in [-0.4, -0.2) is 11.1 Å². The maximum absolute atomic E-state index is 10.6. The molecule has 0 aliphatic rings. The highest BCUT2D eigenvalue weighted by atomic mass is 16.4. The molecule has 0 saturated carbocycles. The van der Waals surface area contributed by atoms with Crippen molar-refractivity contribution in [2.24, 2.45) is 5.92 Å². The number of unbranched alkanes of at least 4 members (excludes halogenated alkanes) is 1. The van der Waals surface area contributed by atoms with Gasteiger partial charge in [0.25, 0.3) is 0 Å². The Hall–Kier alpha value is -0.530. The third-order valence-electron chi connectivity index (χ3n) is 1.89. The first-order chi connectivity index (χ1) is 6.22. The van der Waals surface area contributed by atoms with Crippen LogP contribution in [0.4, 0.5) is 0 Å². The first kappa shape index (κ1) is 15.0. The Morgan fingerprint density at radius 3 is 2.00 bits per heavy atom. The average molecular weight is 188 g/mol. The number of hydrogen-bond donors (Lipinski definition) is 1. The van der Waals surface area contributed by atoms with E-state index in [-0.39, 0.29) is 5.92 Å². The molecule has 0 aliphatic carbocycles. The summed E-state index contributed by atoms with van der Waals surface area (Å²) >= 11 is 0. The fourth-order valence-corrected chi connectivity index (χ4v) is 1.19. The van der Waals surface area contributed by atoms with Gasteiger partial charge in [-0.25, -0.2) is 0 Å². The molecule has 2 nitrogen and oxygen atoms in total. The Balaban J connectivity index is 0. The Kier molecular flexibility index (Phi) is 13.2. The van der Waals surface area contributed by atoms with Gasteiger partial charge in [0.15, 0.2) is 0 Å². The van der Waals surface area contributed by atoms with Gasteiger partial charge in [0, 0.05) is 0 Å². The molecule has 0 heterocycles. The van der Waals surface area contributed by atoms with E-state index >= 15 is 0 Å². The summed E-state index contributed by atoms with van der Waals surface area (Å²) in [6.45, 7) is 8.12. The predicted octanol–water partition coefficient (Wildman–Crippen LogP) is 3.70. The van der Waals surface area contributed by atoms with Crippen molar-refractivity contribution in [3.8, 4) is 0 Å². The van der Waals surface area contributed by atoms with E-state index < -0.39 is 5.97 Å². The lowest BCUT2D eigenvalue weighted by Gasteiger charge is -2.08. The topological polar surface area (TPSA) is 37.3 Å². The molecule has 0 fully saturated rings. The lowest BCUT2D eigenvalue weighted by molar-refractivity contribution is -0.142. The maximum Gasteiger partial charge on any atom is 0.306 e. The summed E-state index contributed by atoms with van der Waals surface area (Å²) in [6, 6.07) is 0. The first-order valence-electron chi connectivity index (χ1n) is 5.45. The summed E-state index contributed by atoms with van der Waals surface area (Å²) in [5.41, 5.74) is 0. The molecule has 0 aliphatic heterocycles. The minimum absolute atomic E-state index is 0.0973. The van der Waals surface area contributed by atoms with Crippen LogP contribution in [0, 0.1) is 5.92 Å². The second-order valence-electron chi connectivity index (χ2n) is 2.97. The van der Waals surface area contributed by atoms with E-state index in [1.165, 1.54) is 0 Å². The molecule has 0 aromatic carbocycles. The molecule has 0 aromatic heterocycles. The SMILES string of the molecule is CC.CCCCC(CCC)C(=O)O. The molecule has 0 aromatic rings. The molecule has 0 spiro atoms. The standard InChI is InChI=1S/C9H18O2.C2H6/c1-3-5-7-8(6-4-2)9(10)11;1-2/h8H,3-7H2,1-2H3,(H,10,11);1-2H3. The molecule has 80 valence electrons. The number of rotatable bonds is 6. The number of carbonyl (C=O) groups is 1. The summed E-state index contributed by atoms with van der Waals surface area (Å²) in [6.07, 6.45) is 4.78. The Morgan fingerprint density at radius 1 is 1.15 bits per heavy atom. The number of carboxylic acid groups (broad SMARTS) is 1. The fraction of sp³-hybridized carbons (Fsp3) is 0.909. The highest BCUT2D eigenvalue weighted by molar-refractivity contribution is 5.69. The number of carboxylic acids is 1. The quantitative estimate of drug-likeness (QED) is 0.690. The van der Waals surface area contributed by atoms with Crippen LogP contribution >= 0.6 is 0 Å². The highest BCUT2D eigenvalue weighted by Crippen LogP contribution is 2.14. The van der Waals surface area contributed by atoms with Crippen molar-refractivity contribution in [1.82, 2.24) is 0 Å². The second-order valence-corrected chi connectivity index (χ2v) is 2.97.